The van der Waals surface area contributed by atoms with E-state index in [2.05, 4.69) is 9.88 Å². The minimum atomic E-state index is -3.21. The zero-order valence-electron chi connectivity index (χ0n) is 20.9. The highest BCUT2D eigenvalue weighted by molar-refractivity contribution is 7.89. The molecule has 1 N–H and O–H groups in total. The summed E-state index contributed by atoms with van der Waals surface area (Å²) in [7, 11) is -3.21. The first-order valence-corrected chi connectivity index (χ1v) is 14.1. The number of carbonyl (C=O) groups excluding carboxylic acids is 1. The fraction of sp³-hybridized carbons (Fsp3) is 0.750. The summed E-state index contributed by atoms with van der Waals surface area (Å²) in [5.74, 6) is 1.61. The second-order valence-corrected chi connectivity index (χ2v) is 12.6. The number of piperazine rings is 1. The van der Waals surface area contributed by atoms with Crippen LogP contribution < -0.4 is 9.64 Å². The van der Waals surface area contributed by atoms with Crippen LogP contribution >= 0.6 is 0 Å². The molecule has 0 unspecified atom stereocenters. The number of sulfonamides is 1. The van der Waals surface area contributed by atoms with Gasteiger partial charge in [0.05, 0.1) is 31.2 Å². The number of β-amino-alcohol motifs (C(OH)–C–C–N with tert-alkyl or cyclic N) is 1. The van der Waals surface area contributed by atoms with Gasteiger partial charge in [-0.2, -0.15) is 4.31 Å². The largest absolute Gasteiger partial charge is 0.492 e. The van der Waals surface area contributed by atoms with Gasteiger partial charge in [-0.1, -0.05) is 13.8 Å². The van der Waals surface area contributed by atoms with Crippen LogP contribution in [0.2, 0.25) is 0 Å². The Labute approximate surface area is 208 Å². The van der Waals surface area contributed by atoms with Gasteiger partial charge >= 0.3 is 6.09 Å². The summed E-state index contributed by atoms with van der Waals surface area (Å²) < 4.78 is 37.9. The molecule has 10 nitrogen and oxygen atoms in total. The first-order chi connectivity index (χ1) is 16.5. The van der Waals surface area contributed by atoms with E-state index in [9.17, 15) is 18.3 Å². The molecular formula is C24H38N4O6S. The summed E-state index contributed by atoms with van der Waals surface area (Å²) in [4.78, 5) is 20.4. The number of aliphatic hydroxyl groups is 1. The Kier molecular flexibility index (Phi) is 7.77. The van der Waals surface area contributed by atoms with Crippen LogP contribution in [0.3, 0.4) is 0 Å². The molecule has 1 aromatic rings. The van der Waals surface area contributed by atoms with Gasteiger partial charge in [0.15, 0.2) is 0 Å². The van der Waals surface area contributed by atoms with Crippen LogP contribution in [0.15, 0.2) is 18.3 Å². The van der Waals surface area contributed by atoms with E-state index in [1.165, 1.54) is 0 Å². The molecule has 1 saturated carbocycles. The Morgan fingerprint density at radius 3 is 2.49 bits per heavy atom. The van der Waals surface area contributed by atoms with Crippen molar-refractivity contribution in [2.75, 3.05) is 56.5 Å². The number of nitrogens with zero attached hydrogens (tertiary/aromatic N) is 4. The maximum atomic E-state index is 12.4. The van der Waals surface area contributed by atoms with E-state index in [4.69, 9.17) is 9.47 Å². The van der Waals surface area contributed by atoms with E-state index in [0.717, 1.165) is 18.7 Å². The molecule has 1 aliphatic carbocycles. The Bertz CT molecular complexity index is 974. The van der Waals surface area contributed by atoms with E-state index < -0.39 is 16.1 Å². The fourth-order valence-electron chi connectivity index (χ4n) is 4.46. The standard InChI is InChI=1S/C24H38N4O6S/c1-18(2)17-35(31,32)28-12-10-26(11-13-28)22-5-4-20(14-25-22)33-16-19-6-9-27(15-21(19)29)23(30)34-24(3)7-8-24/h4-5,14,18-19,21,29H,6-13,15-17H2,1-3H3/t19-,21-/m0/s1. The summed E-state index contributed by atoms with van der Waals surface area (Å²) in [5.41, 5.74) is -0.319. The van der Waals surface area contributed by atoms with Gasteiger partial charge < -0.3 is 24.4 Å². The summed E-state index contributed by atoms with van der Waals surface area (Å²) in [6.07, 6.45) is 3.08. The molecule has 1 aromatic heterocycles. The number of carbonyl (C=O) groups is 1. The molecule has 35 heavy (non-hydrogen) atoms. The van der Waals surface area contributed by atoms with Crippen LogP contribution in [-0.4, -0.2) is 97.1 Å². The molecule has 0 spiro atoms. The molecule has 3 fully saturated rings. The van der Waals surface area contributed by atoms with Crippen LogP contribution in [0, 0.1) is 11.8 Å². The molecule has 0 aromatic carbocycles. The van der Waals surface area contributed by atoms with Crippen LogP contribution in [-0.2, 0) is 14.8 Å². The lowest BCUT2D eigenvalue weighted by Crippen LogP contribution is -2.49. The molecule has 2 saturated heterocycles. The molecule has 2 atom stereocenters. The molecule has 1 amide bonds. The Morgan fingerprint density at radius 1 is 1.20 bits per heavy atom. The Hall–Kier alpha value is -2.11. The second kappa shape index (κ2) is 10.5. The van der Waals surface area contributed by atoms with Gasteiger partial charge in [0.2, 0.25) is 10.0 Å². The average Bonchev–Trinajstić information content (AvgIpc) is 3.54. The quantitative estimate of drug-likeness (QED) is 0.565. The molecule has 3 aliphatic rings. The molecule has 2 aliphatic heterocycles. The van der Waals surface area contributed by atoms with Crippen molar-refractivity contribution < 1.29 is 27.8 Å². The maximum Gasteiger partial charge on any atom is 0.410 e. The first kappa shape index (κ1) is 26.0. The number of rotatable bonds is 8. The van der Waals surface area contributed by atoms with E-state index in [1.807, 2.05) is 32.9 Å². The number of amides is 1. The van der Waals surface area contributed by atoms with Gasteiger partial charge in [-0.3, -0.25) is 0 Å². The molecule has 3 heterocycles. The van der Waals surface area contributed by atoms with Crippen molar-refractivity contribution in [3.05, 3.63) is 18.3 Å². The first-order valence-electron chi connectivity index (χ1n) is 12.5. The fourth-order valence-corrected chi connectivity index (χ4v) is 6.24. The van der Waals surface area contributed by atoms with E-state index in [1.54, 1.807) is 15.4 Å². The van der Waals surface area contributed by atoms with E-state index >= 15 is 0 Å². The lowest BCUT2D eigenvalue weighted by atomic mass is 9.95. The lowest BCUT2D eigenvalue weighted by molar-refractivity contribution is -0.00993. The second-order valence-electron chi connectivity index (χ2n) is 10.6. The number of hydrogen-bond donors (Lipinski definition) is 1. The molecule has 0 radical (unpaired) electrons. The van der Waals surface area contributed by atoms with Gasteiger partial charge in [0.25, 0.3) is 0 Å². The van der Waals surface area contributed by atoms with Crippen LogP contribution in [0.1, 0.15) is 40.0 Å². The Morgan fingerprint density at radius 2 is 1.91 bits per heavy atom. The van der Waals surface area contributed by atoms with Gasteiger partial charge in [0.1, 0.15) is 17.2 Å². The highest BCUT2D eigenvalue weighted by Crippen LogP contribution is 2.39. The lowest BCUT2D eigenvalue weighted by Gasteiger charge is -2.35. The number of aromatic nitrogens is 1. The minimum absolute atomic E-state index is 0.0731. The number of pyridine rings is 1. The maximum absolute atomic E-state index is 12.4. The molecular weight excluding hydrogens is 472 g/mol. The number of aliphatic hydroxyl groups excluding tert-OH is 1. The normalized spacial score (nSPS) is 24.9. The van der Waals surface area contributed by atoms with Crippen molar-refractivity contribution in [2.24, 2.45) is 11.8 Å². The third kappa shape index (κ3) is 6.77. The number of anilines is 1. The van der Waals surface area contributed by atoms with Crippen molar-refractivity contribution in [3.63, 3.8) is 0 Å². The highest BCUT2D eigenvalue weighted by atomic mass is 32.2. The third-order valence-electron chi connectivity index (χ3n) is 6.95. The monoisotopic (exact) mass is 510 g/mol. The van der Waals surface area contributed by atoms with Crippen molar-refractivity contribution in [2.45, 2.75) is 51.7 Å². The number of ether oxygens (including phenoxy) is 2. The summed E-state index contributed by atoms with van der Waals surface area (Å²) in [5, 5.41) is 10.5. The molecule has 11 heteroatoms. The summed E-state index contributed by atoms with van der Waals surface area (Å²) in [6, 6.07) is 3.72. The smallest absolute Gasteiger partial charge is 0.410 e. The number of piperidine rings is 1. The van der Waals surface area contributed by atoms with Gasteiger partial charge in [-0.05, 0) is 44.2 Å². The van der Waals surface area contributed by atoms with Gasteiger partial charge in [0, 0.05) is 38.6 Å². The predicted molar refractivity (Wildman–Crippen MR) is 132 cm³/mol. The van der Waals surface area contributed by atoms with Crippen molar-refractivity contribution in [1.29, 1.82) is 0 Å². The SMILES string of the molecule is CC(C)CS(=O)(=O)N1CCN(c2ccc(OC[C@@H]3CCN(C(=O)OC4(C)CC4)C[C@@H]3O)cn2)CC1. The molecule has 4 rings (SSSR count). The Balaban J connectivity index is 1.21. The zero-order valence-corrected chi connectivity index (χ0v) is 21.7. The summed E-state index contributed by atoms with van der Waals surface area (Å²) >= 11 is 0. The van der Waals surface area contributed by atoms with E-state index in [0.29, 0.717) is 51.5 Å². The topological polar surface area (TPSA) is 113 Å². The van der Waals surface area contributed by atoms with Crippen LogP contribution in [0.5, 0.6) is 5.75 Å². The third-order valence-corrected chi connectivity index (χ3v) is 9.19. The van der Waals surface area contributed by atoms with Gasteiger partial charge in [-0.15, -0.1) is 0 Å². The minimum Gasteiger partial charge on any atom is -0.492 e. The van der Waals surface area contributed by atoms with Crippen molar-refractivity contribution >= 4 is 21.9 Å². The molecule has 0 bridgehead atoms. The highest BCUT2D eigenvalue weighted by Gasteiger charge is 2.43. The number of likely N-dealkylation sites (tertiary alicyclic amines) is 1. The molecule has 196 valence electrons. The average molecular weight is 511 g/mol. The summed E-state index contributed by atoms with van der Waals surface area (Å²) in [6.45, 7) is 8.99. The van der Waals surface area contributed by atoms with Crippen molar-refractivity contribution in [1.82, 2.24) is 14.2 Å². The zero-order chi connectivity index (χ0) is 25.2. The van der Waals surface area contributed by atoms with E-state index in [-0.39, 0.29) is 35.8 Å². The number of hydrogen-bond acceptors (Lipinski definition) is 8. The van der Waals surface area contributed by atoms with Gasteiger partial charge in [-0.25, -0.2) is 18.2 Å². The van der Waals surface area contributed by atoms with Crippen LogP contribution in [0.4, 0.5) is 10.6 Å². The van der Waals surface area contributed by atoms with Crippen molar-refractivity contribution in [3.8, 4) is 5.75 Å². The van der Waals surface area contributed by atoms with Crippen LogP contribution in [0.25, 0.3) is 0 Å². The predicted octanol–water partition coefficient (Wildman–Crippen LogP) is 1.94.